The summed E-state index contributed by atoms with van der Waals surface area (Å²) in [5.41, 5.74) is 2.67. The minimum absolute atomic E-state index is 0.152. The molecule has 1 aromatic carbocycles. The third-order valence-corrected chi connectivity index (χ3v) is 4.84. The van der Waals surface area contributed by atoms with Crippen molar-refractivity contribution in [3.05, 3.63) is 71.6 Å². The molecule has 0 amide bonds. The maximum Gasteiger partial charge on any atom is 0.126 e. The summed E-state index contributed by atoms with van der Waals surface area (Å²) in [6, 6.07) is 5.46. The topological polar surface area (TPSA) is 12.0 Å². The molecule has 1 unspecified atom stereocenters. The van der Waals surface area contributed by atoms with E-state index in [0.717, 1.165) is 17.9 Å². The van der Waals surface area contributed by atoms with Crippen molar-refractivity contribution in [3.8, 4) is 0 Å². The Morgan fingerprint density at radius 1 is 1.43 bits per heavy atom. The highest BCUT2D eigenvalue weighted by atomic mass is 19.1. The van der Waals surface area contributed by atoms with Crippen LogP contribution in [0.25, 0.3) is 0 Å². The van der Waals surface area contributed by atoms with Crippen LogP contribution in [0.3, 0.4) is 0 Å². The van der Waals surface area contributed by atoms with E-state index in [2.05, 4.69) is 30.1 Å². The number of allylic oxidation sites excluding steroid dienone is 3. The number of hydrogen-bond donors (Lipinski definition) is 1. The van der Waals surface area contributed by atoms with Crippen molar-refractivity contribution in [3.63, 3.8) is 0 Å². The van der Waals surface area contributed by atoms with Gasteiger partial charge in [0.25, 0.3) is 0 Å². The number of rotatable bonds is 8. The Bertz CT molecular complexity index is 610. The maximum atomic E-state index is 13.7. The Kier molecular flexibility index (Phi) is 5.95. The number of hydrogen-bond acceptors (Lipinski definition) is 1. The molecule has 0 spiro atoms. The van der Waals surface area contributed by atoms with Gasteiger partial charge >= 0.3 is 0 Å². The largest absolute Gasteiger partial charge is 0.307 e. The van der Waals surface area contributed by atoms with E-state index in [1.54, 1.807) is 6.07 Å². The number of benzene rings is 1. The van der Waals surface area contributed by atoms with E-state index in [0.29, 0.717) is 5.56 Å². The lowest BCUT2D eigenvalue weighted by atomic mass is 9.77. The predicted molar refractivity (Wildman–Crippen MR) is 96.9 cm³/mol. The second-order valence-corrected chi connectivity index (χ2v) is 6.46. The van der Waals surface area contributed by atoms with Gasteiger partial charge in [-0.25, -0.2) is 4.39 Å². The third kappa shape index (κ3) is 4.00. The van der Waals surface area contributed by atoms with Crippen molar-refractivity contribution in [2.24, 2.45) is 5.92 Å². The van der Waals surface area contributed by atoms with Gasteiger partial charge in [0.2, 0.25) is 0 Å². The Labute approximate surface area is 140 Å². The van der Waals surface area contributed by atoms with Crippen LogP contribution < -0.4 is 5.32 Å². The van der Waals surface area contributed by atoms with Crippen molar-refractivity contribution in [1.29, 1.82) is 0 Å². The van der Waals surface area contributed by atoms with Gasteiger partial charge in [-0.05, 0) is 62.4 Å². The van der Waals surface area contributed by atoms with Crippen LogP contribution in [0, 0.1) is 18.7 Å². The molecule has 1 aromatic rings. The first-order valence-electron chi connectivity index (χ1n) is 8.48. The molecule has 0 aliphatic heterocycles. The molecule has 1 saturated carbocycles. The smallest absolute Gasteiger partial charge is 0.126 e. The number of nitrogens with one attached hydrogen (secondary N) is 1. The van der Waals surface area contributed by atoms with Crippen molar-refractivity contribution >= 4 is 0 Å². The minimum atomic E-state index is -0.304. The lowest BCUT2D eigenvalue weighted by Gasteiger charge is -2.36. The summed E-state index contributed by atoms with van der Waals surface area (Å²) in [5.74, 6) is 0.695. The molecule has 0 bridgehead atoms. The summed E-state index contributed by atoms with van der Waals surface area (Å²) in [6.07, 6.45) is 12.9. The highest BCUT2D eigenvalue weighted by molar-refractivity contribution is 5.44. The Hall–Kier alpha value is -1.67. The van der Waals surface area contributed by atoms with Gasteiger partial charge in [0.05, 0.1) is 5.54 Å². The maximum absolute atomic E-state index is 13.7. The van der Waals surface area contributed by atoms with Gasteiger partial charge in [0.1, 0.15) is 5.82 Å². The first kappa shape index (κ1) is 17.7. The summed E-state index contributed by atoms with van der Waals surface area (Å²) in [5, 5.41) is 3.54. The van der Waals surface area contributed by atoms with Gasteiger partial charge in [-0.15, -0.1) is 0 Å². The van der Waals surface area contributed by atoms with E-state index in [1.165, 1.54) is 24.8 Å². The monoisotopic (exact) mass is 313 g/mol. The van der Waals surface area contributed by atoms with Crippen LogP contribution in [-0.2, 0) is 5.54 Å². The van der Waals surface area contributed by atoms with Crippen LogP contribution in [0.5, 0.6) is 0 Å². The van der Waals surface area contributed by atoms with E-state index in [1.807, 2.05) is 39.1 Å². The molecule has 0 heterocycles. The normalized spacial score (nSPS) is 18.2. The number of halogens is 1. The minimum Gasteiger partial charge on any atom is -0.307 e. The SMILES string of the molecule is C=C/C=C(\C=C/C)C(CCC1CC1)(NC)c1ccc(F)c(C)c1. The van der Waals surface area contributed by atoms with Crippen molar-refractivity contribution in [1.82, 2.24) is 5.32 Å². The fourth-order valence-electron chi connectivity index (χ4n) is 3.25. The number of aryl methyl sites for hydroxylation is 1. The lowest BCUT2D eigenvalue weighted by molar-refractivity contribution is 0.380. The van der Waals surface area contributed by atoms with E-state index in [9.17, 15) is 4.39 Å². The van der Waals surface area contributed by atoms with Gasteiger partial charge in [0.15, 0.2) is 0 Å². The van der Waals surface area contributed by atoms with E-state index in [4.69, 9.17) is 0 Å². The van der Waals surface area contributed by atoms with Gasteiger partial charge in [-0.2, -0.15) is 0 Å². The fourth-order valence-corrected chi connectivity index (χ4v) is 3.25. The molecular formula is C21H28FN. The molecule has 1 nitrogen and oxygen atoms in total. The van der Waals surface area contributed by atoms with Crippen LogP contribution in [0.1, 0.15) is 43.7 Å². The average Bonchev–Trinajstić information content (AvgIpc) is 3.36. The summed E-state index contributed by atoms with van der Waals surface area (Å²) in [7, 11) is 1.99. The molecule has 1 aliphatic carbocycles. The zero-order valence-electron chi connectivity index (χ0n) is 14.5. The molecule has 0 aromatic heterocycles. The standard InChI is InChI=1S/C21H28FN/c1-5-7-18(8-6-2)21(23-4,14-13-17-9-10-17)19-11-12-20(22)16(3)15-19/h5-8,11-12,15,17,23H,1,9-10,13-14H2,2-4H3/b8-6-,18-7+. The molecule has 23 heavy (non-hydrogen) atoms. The van der Waals surface area contributed by atoms with Gasteiger partial charge in [-0.3, -0.25) is 0 Å². The quantitative estimate of drug-likeness (QED) is 0.631. The molecule has 124 valence electrons. The first-order valence-corrected chi connectivity index (χ1v) is 8.48. The molecule has 2 heteroatoms. The summed E-state index contributed by atoms with van der Waals surface area (Å²) in [6.45, 7) is 7.71. The van der Waals surface area contributed by atoms with Gasteiger partial charge in [0, 0.05) is 0 Å². The summed E-state index contributed by atoms with van der Waals surface area (Å²) < 4.78 is 13.7. The van der Waals surface area contributed by atoms with Gasteiger partial charge < -0.3 is 5.32 Å². The second-order valence-electron chi connectivity index (χ2n) is 6.46. The van der Waals surface area contributed by atoms with E-state index >= 15 is 0 Å². The van der Waals surface area contributed by atoms with Crippen LogP contribution in [0.4, 0.5) is 4.39 Å². The van der Waals surface area contributed by atoms with Crippen molar-refractivity contribution < 1.29 is 4.39 Å². The van der Waals surface area contributed by atoms with Gasteiger partial charge in [-0.1, -0.05) is 55.9 Å². The average molecular weight is 313 g/mol. The van der Waals surface area contributed by atoms with Crippen molar-refractivity contribution in [2.45, 2.75) is 45.1 Å². The molecule has 1 atom stereocenters. The zero-order valence-corrected chi connectivity index (χ0v) is 14.5. The summed E-state index contributed by atoms with van der Waals surface area (Å²) >= 11 is 0. The highest BCUT2D eigenvalue weighted by Gasteiger charge is 2.35. The molecule has 2 rings (SSSR count). The molecular weight excluding hydrogens is 285 g/mol. The van der Waals surface area contributed by atoms with Crippen LogP contribution in [-0.4, -0.2) is 7.05 Å². The lowest BCUT2D eigenvalue weighted by Crippen LogP contribution is -2.41. The predicted octanol–water partition coefficient (Wildman–Crippen LogP) is 5.43. The van der Waals surface area contributed by atoms with E-state index < -0.39 is 0 Å². The van der Waals surface area contributed by atoms with Crippen molar-refractivity contribution in [2.75, 3.05) is 7.05 Å². The van der Waals surface area contributed by atoms with Crippen LogP contribution >= 0.6 is 0 Å². The molecule has 0 radical (unpaired) electrons. The molecule has 1 aliphatic rings. The van der Waals surface area contributed by atoms with E-state index in [-0.39, 0.29) is 11.4 Å². The Morgan fingerprint density at radius 3 is 2.70 bits per heavy atom. The fraction of sp³-hybridized carbons (Fsp3) is 0.429. The van der Waals surface area contributed by atoms with Crippen LogP contribution in [0.2, 0.25) is 0 Å². The zero-order chi connectivity index (χ0) is 16.9. The summed E-state index contributed by atoms with van der Waals surface area (Å²) in [4.78, 5) is 0. The molecule has 1 N–H and O–H groups in total. The Balaban J connectivity index is 2.51. The Morgan fingerprint density at radius 2 is 2.17 bits per heavy atom. The van der Waals surface area contributed by atoms with Crippen LogP contribution in [0.15, 0.2) is 54.7 Å². The molecule has 1 fully saturated rings. The number of likely N-dealkylation sites (N-methyl/N-ethyl adjacent to an activating group) is 1. The third-order valence-electron chi connectivity index (χ3n) is 4.84. The highest BCUT2D eigenvalue weighted by Crippen LogP contribution is 2.41. The molecule has 0 saturated heterocycles. The first-order chi connectivity index (χ1) is 11.1. The second kappa shape index (κ2) is 7.74.